The molecule has 2 rings (SSSR count). The maximum atomic E-state index is 12.3. The molecule has 0 saturated heterocycles. The summed E-state index contributed by atoms with van der Waals surface area (Å²) in [6.07, 6.45) is -0.503. The van der Waals surface area contributed by atoms with Gasteiger partial charge in [0.2, 0.25) is 11.8 Å². The Morgan fingerprint density at radius 2 is 2.04 bits per heavy atom. The number of amides is 3. The first-order valence-electron chi connectivity index (χ1n) is 6.55. The topological polar surface area (TPSA) is 133 Å². The maximum Gasteiger partial charge on any atom is 0.405 e. The van der Waals surface area contributed by atoms with Crippen molar-refractivity contribution in [1.29, 1.82) is 0 Å². The Kier molecular flexibility index (Phi) is 4.55. The number of carbonyl (C=O) groups excluding carboxylic acids is 2. The molecule has 0 spiro atoms. The van der Waals surface area contributed by atoms with E-state index < -0.39 is 39.5 Å². The first-order valence-corrected chi connectivity index (χ1v) is 8.61. The maximum absolute atomic E-state index is 12.3. The number of rotatable bonds is 3. The summed E-state index contributed by atoms with van der Waals surface area (Å²) in [6.45, 7) is -0.302. The van der Waals surface area contributed by atoms with Crippen molar-refractivity contribution in [2.24, 2.45) is 0 Å². The molecular formula is C13H15N3O6S. The fraction of sp³-hybridized carbons (Fsp3) is 0.308. The van der Waals surface area contributed by atoms with E-state index in [-0.39, 0.29) is 6.54 Å². The van der Waals surface area contributed by atoms with Gasteiger partial charge in [-0.1, -0.05) is 12.1 Å². The van der Waals surface area contributed by atoms with Gasteiger partial charge in [0.05, 0.1) is 17.9 Å². The lowest BCUT2D eigenvalue weighted by atomic mass is 10.2. The lowest BCUT2D eigenvalue weighted by molar-refractivity contribution is -0.118. The summed E-state index contributed by atoms with van der Waals surface area (Å²) >= 11 is 0. The number of carbonyl (C=O) groups is 3. The Labute approximate surface area is 132 Å². The molecule has 0 bridgehead atoms. The molecule has 0 fully saturated rings. The first kappa shape index (κ1) is 16.7. The van der Waals surface area contributed by atoms with E-state index in [4.69, 9.17) is 5.11 Å². The molecule has 1 aromatic carbocycles. The van der Waals surface area contributed by atoms with Crippen LogP contribution in [0, 0.1) is 0 Å². The second kappa shape index (κ2) is 6.24. The normalized spacial score (nSPS) is 17.7. The van der Waals surface area contributed by atoms with E-state index in [0.29, 0.717) is 11.4 Å². The molecule has 1 aliphatic rings. The molecule has 1 atom stereocenters. The Bertz CT molecular complexity index is 761. The quantitative estimate of drug-likeness (QED) is 0.688. The lowest BCUT2D eigenvalue weighted by Crippen LogP contribution is -2.50. The minimum atomic E-state index is -3.57. The van der Waals surface area contributed by atoms with Gasteiger partial charge in [-0.25, -0.2) is 13.2 Å². The molecule has 1 aromatic rings. The highest BCUT2D eigenvalue weighted by Gasteiger charge is 2.32. The molecule has 1 aliphatic heterocycles. The van der Waals surface area contributed by atoms with E-state index >= 15 is 0 Å². The fourth-order valence-electron chi connectivity index (χ4n) is 2.20. The average molecular weight is 341 g/mol. The second-order valence-electron chi connectivity index (χ2n) is 5.08. The third-order valence-corrected chi connectivity index (χ3v) is 3.89. The number of hydrogen-bond acceptors (Lipinski definition) is 5. The number of nitrogens with one attached hydrogen (secondary N) is 2. The summed E-state index contributed by atoms with van der Waals surface area (Å²) in [6, 6.07) is 5.11. The number of hydrogen-bond donors (Lipinski definition) is 3. The zero-order valence-corrected chi connectivity index (χ0v) is 13.0. The minimum absolute atomic E-state index is 0.300. The van der Waals surface area contributed by atoms with Crippen molar-refractivity contribution in [1.82, 2.24) is 5.32 Å². The van der Waals surface area contributed by atoms with Crippen LogP contribution in [0.1, 0.15) is 0 Å². The Morgan fingerprint density at radius 3 is 2.65 bits per heavy atom. The standard InChI is InChI=1S/C13H15N3O6S/c1-23(21,22)7-11(17)16-6-9(15-13(19)20)12(18)14-8-4-2-3-5-10(8)16/h2-5,9,15H,6-7H2,1H3,(H,14,18)(H,19,20). The fourth-order valence-corrected chi connectivity index (χ4v) is 2.80. The highest BCUT2D eigenvalue weighted by atomic mass is 32.2. The molecule has 0 saturated carbocycles. The van der Waals surface area contributed by atoms with Crippen molar-refractivity contribution in [3.05, 3.63) is 24.3 Å². The van der Waals surface area contributed by atoms with E-state index in [2.05, 4.69) is 5.32 Å². The molecular weight excluding hydrogens is 326 g/mol. The molecule has 0 radical (unpaired) electrons. The largest absolute Gasteiger partial charge is 0.465 e. The molecule has 1 unspecified atom stereocenters. The second-order valence-corrected chi connectivity index (χ2v) is 7.22. The molecule has 0 aromatic heterocycles. The third-order valence-electron chi connectivity index (χ3n) is 3.12. The van der Waals surface area contributed by atoms with Crippen molar-refractivity contribution < 1.29 is 27.9 Å². The van der Waals surface area contributed by atoms with Crippen LogP contribution >= 0.6 is 0 Å². The summed E-state index contributed by atoms with van der Waals surface area (Å²) in [5, 5.41) is 13.3. The number of sulfone groups is 1. The minimum Gasteiger partial charge on any atom is -0.465 e. The number of carboxylic acid groups (broad SMARTS) is 1. The van der Waals surface area contributed by atoms with E-state index in [1.54, 1.807) is 18.2 Å². The highest BCUT2D eigenvalue weighted by molar-refractivity contribution is 7.91. The molecule has 124 valence electrons. The van der Waals surface area contributed by atoms with Crippen LogP contribution in [0.25, 0.3) is 0 Å². The Balaban J connectivity index is 2.41. The van der Waals surface area contributed by atoms with Crippen LogP contribution in [0.3, 0.4) is 0 Å². The van der Waals surface area contributed by atoms with E-state index in [0.717, 1.165) is 11.2 Å². The van der Waals surface area contributed by atoms with Crippen molar-refractivity contribution in [3.8, 4) is 0 Å². The summed E-state index contributed by atoms with van der Waals surface area (Å²) in [5.74, 6) is -2.11. The van der Waals surface area contributed by atoms with Crippen LogP contribution in [-0.4, -0.2) is 56.0 Å². The number of benzene rings is 1. The number of anilines is 2. The van der Waals surface area contributed by atoms with Crippen LogP contribution in [0.4, 0.5) is 16.2 Å². The molecule has 3 amide bonds. The molecule has 0 aliphatic carbocycles. The molecule has 3 N–H and O–H groups in total. The highest BCUT2D eigenvalue weighted by Crippen LogP contribution is 2.28. The van der Waals surface area contributed by atoms with Gasteiger partial charge in [0, 0.05) is 6.26 Å². The van der Waals surface area contributed by atoms with Gasteiger partial charge >= 0.3 is 6.09 Å². The van der Waals surface area contributed by atoms with Gasteiger partial charge in [0.25, 0.3) is 0 Å². The summed E-state index contributed by atoms with van der Waals surface area (Å²) in [7, 11) is -3.57. The predicted molar refractivity (Wildman–Crippen MR) is 82.1 cm³/mol. The Hall–Kier alpha value is -2.62. The van der Waals surface area contributed by atoms with Crippen LogP contribution in [-0.2, 0) is 19.4 Å². The van der Waals surface area contributed by atoms with Gasteiger partial charge < -0.3 is 20.6 Å². The van der Waals surface area contributed by atoms with Gasteiger partial charge in [0.1, 0.15) is 11.8 Å². The lowest BCUT2D eigenvalue weighted by Gasteiger charge is -2.24. The van der Waals surface area contributed by atoms with Gasteiger partial charge in [-0.15, -0.1) is 0 Å². The average Bonchev–Trinajstić information content (AvgIpc) is 2.54. The van der Waals surface area contributed by atoms with Gasteiger partial charge in [-0.3, -0.25) is 9.59 Å². The number of para-hydroxylation sites is 2. The summed E-state index contributed by atoms with van der Waals surface area (Å²) in [5.41, 5.74) is 0.609. The molecule has 1 heterocycles. The van der Waals surface area contributed by atoms with Gasteiger partial charge in [-0.05, 0) is 12.1 Å². The van der Waals surface area contributed by atoms with Crippen molar-refractivity contribution in [2.75, 3.05) is 28.8 Å². The van der Waals surface area contributed by atoms with Crippen LogP contribution in [0.5, 0.6) is 0 Å². The smallest absolute Gasteiger partial charge is 0.405 e. The summed E-state index contributed by atoms with van der Waals surface area (Å²) < 4.78 is 22.7. The van der Waals surface area contributed by atoms with Crippen LogP contribution in [0.2, 0.25) is 0 Å². The first-order chi connectivity index (χ1) is 10.7. The molecule has 10 heteroatoms. The molecule has 23 heavy (non-hydrogen) atoms. The van der Waals surface area contributed by atoms with Crippen molar-refractivity contribution in [3.63, 3.8) is 0 Å². The molecule has 9 nitrogen and oxygen atoms in total. The van der Waals surface area contributed by atoms with Gasteiger partial charge in [-0.2, -0.15) is 0 Å². The van der Waals surface area contributed by atoms with E-state index in [1.807, 2.05) is 5.32 Å². The van der Waals surface area contributed by atoms with Crippen LogP contribution < -0.4 is 15.5 Å². The van der Waals surface area contributed by atoms with Crippen molar-refractivity contribution >= 4 is 39.1 Å². The number of fused-ring (bicyclic) bond motifs is 1. The summed E-state index contributed by atoms with van der Waals surface area (Å²) in [4.78, 5) is 36.3. The SMILES string of the molecule is CS(=O)(=O)CC(=O)N1CC(NC(=O)O)C(=O)Nc2ccccc21. The zero-order chi connectivity index (χ0) is 17.2. The number of nitrogens with zero attached hydrogens (tertiary/aromatic N) is 1. The van der Waals surface area contributed by atoms with E-state index in [9.17, 15) is 22.8 Å². The zero-order valence-electron chi connectivity index (χ0n) is 12.1. The van der Waals surface area contributed by atoms with Gasteiger partial charge in [0.15, 0.2) is 9.84 Å². The van der Waals surface area contributed by atoms with E-state index in [1.165, 1.54) is 6.07 Å². The monoisotopic (exact) mass is 341 g/mol. The van der Waals surface area contributed by atoms with Crippen molar-refractivity contribution in [2.45, 2.75) is 6.04 Å². The third kappa shape index (κ3) is 4.19. The van der Waals surface area contributed by atoms with Crippen LogP contribution in [0.15, 0.2) is 24.3 Å². The predicted octanol–water partition coefficient (Wildman–Crippen LogP) is -0.347. The Morgan fingerprint density at radius 1 is 1.39 bits per heavy atom.